The second-order valence-corrected chi connectivity index (χ2v) is 5.83. The molecule has 1 aromatic carbocycles. The lowest BCUT2D eigenvalue weighted by atomic mass is 10.1. The summed E-state index contributed by atoms with van der Waals surface area (Å²) in [6.07, 6.45) is 0. The molecule has 1 amide bonds. The van der Waals surface area contributed by atoms with Gasteiger partial charge in [-0.3, -0.25) is 4.79 Å². The van der Waals surface area contributed by atoms with Crippen LogP contribution in [0.3, 0.4) is 0 Å². The van der Waals surface area contributed by atoms with E-state index in [2.05, 4.69) is 10.3 Å². The van der Waals surface area contributed by atoms with Crippen LogP contribution in [0.15, 0.2) is 18.2 Å². The highest BCUT2D eigenvalue weighted by molar-refractivity contribution is 7.13. The number of carbonyl (C=O) groups is 2. The van der Waals surface area contributed by atoms with Crippen molar-refractivity contribution in [2.24, 2.45) is 0 Å². The maximum atomic E-state index is 12.3. The standard InChI is InChI=1S/C15H16N2O4S/c1-8-4-5-10(6-11(8)15(19)20)17-14(18)13-9(2)16-12(22-13)7-21-3/h4-6H,7H2,1-3H3,(H,17,18)(H,19,20). The zero-order valence-corrected chi connectivity index (χ0v) is 13.3. The molecule has 22 heavy (non-hydrogen) atoms. The molecule has 0 atom stereocenters. The quantitative estimate of drug-likeness (QED) is 0.884. The Morgan fingerprint density at radius 2 is 2.09 bits per heavy atom. The van der Waals surface area contributed by atoms with E-state index in [1.54, 1.807) is 33.1 Å². The Bertz CT molecular complexity index is 724. The molecule has 116 valence electrons. The van der Waals surface area contributed by atoms with Crippen molar-refractivity contribution in [3.05, 3.63) is 44.9 Å². The molecule has 0 radical (unpaired) electrons. The van der Waals surface area contributed by atoms with Crippen molar-refractivity contribution in [1.29, 1.82) is 0 Å². The number of thiazole rings is 1. The molecule has 0 fully saturated rings. The lowest BCUT2D eigenvalue weighted by Gasteiger charge is -2.07. The number of aromatic carboxylic acids is 1. The Morgan fingerprint density at radius 3 is 2.73 bits per heavy atom. The second-order valence-electron chi connectivity index (χ2n) is 4.74. The molecule has 0 spiro atoms. The van der Waals surface area contributed by atoms with Crippen LogP contribution in [0.25, 0.3) is 0 Å². The molecule has 2 aromatic rings. The highest BCUT2D eigenvalue weighted by atomic mass is 32.1. The van der Waals surface area contributed by atoms with Gasteiger partial charge in [-0.15, -0.1) is 11.3 Å². The zero-order valence-electron chi connectivity index (χ0n) is 12.5. The van der Waals surface area contributed by atoms with Gasteiger partial charge in [-0.2, -0.15) is 0 Å². The summed E-state index contributed by atoms with van der Waals surface area (Å²) in [5.74, 6) is -1.33. The monoisotopic (exact) mass is 320 g/mol. The summed E-state index contributed by atoms with van der Waals surface area (Å²) in [4.78, 5) is 28.2. The maximum absolute atomic E-state index is 12.3. The third kappa shape index (κ3) is 3.49. The highest BCUT2D eigenvalue weighted by Gasteiger charge is 2.16. The molecule has 0 bridgehead atoms. The molecule has 0 aliphatic rings. The van der Waals surface area contributed by atoms with Gasteiger partial charge in [0.25, 0.3) is 5.91 Å². The molecule has 0 aliphatic carbocycles. The molecule has 1 aromatic heterocycles. The summed E-state index contributed by atoms with van der Waals surface area (Å²) in [6.45, 7) is 3.81. The molecular formula is C15H16N2O4S. The Labute approximate surface area is 131 Å². The smallest absolute Gasteiger partial charge is 0.336 e. The second kappa shape index (κ2) is 6.67. The van der Waals surface area contributed by atoms with Crippen LogP contribution >= 0.6 is 11.3 Å². The van der Waals surface area contributed by atoms with E-state index in [-0.39, 0.29) is 11.5 Å². The van der Waals surface area contributed by atoms with Crippen molar-refractivity contribution >= 4 is 28.9 Å². The number of rotatable bonds is 5. The fourth-order valence-corrected chi connectivity index (χ4v) is 2.90. The minimum absolute atomic E-state index is 0.166. The fourth-order valence-electron chi connectivity index (χ4n) is 1.97. The normalized spacial score (nSPS) is 10.5. The van der Waals surface area contributed by atoms with Crippen molar-refractivity contribution in [3.8, 4) is 0 Å². The number of hydrogen-bond donors (Lipinski definition) is 2. The van der Waals surface area contributed by atoms with Crippen molar-refractivity contribution in [3.63, 3.8) is 0 Å². The van der Waals surface area contributed by atoms with Gasteiger partial charge >= 0.3 is 5.97 Å². The van der Waals surface area contributed by atoms with Crippen LogP contribution in [0.4, 0.5) is 5.69 Å². The lowest BCUT2D eigenvalue weighted by Crippen LogP contribution is -2.12. The fraction of sp³-hybridized carbons (Fsp3) is 0.267. The number of nitrogens with one attached hydrogen (secondary N) is 1. The zero-order chi connectivity index (χ0) is 16.3. The van der Waals surface area contributed by atoms with Gasteiger partial charge in [-0.05, 0) is 31.5 Å². The summed E-state index contributed by atoms with van der Waals surface area (Å²) >= 11 is 1.26. The van der Waals surface area contributed by atoms with Gasteiger partial charge in [0.05, 0.1) is 17.9 Å². The predicted octanol–water partition coefficient (Wildman–Crippen LogP) is 2.86. The maximum Gasteiger partial charge on any atom is 0.336 e. The summed E-state index contributed by atoms with van der Waals surface area (Å²) in [5.41, 5.74) is 1.87. The molecule has 0 saturated heterocycles. The van der Waals surface area contributed by atoms with E-state index in [4.69, 9.17) is 9.84 Å². The summed E-state index contributed by atoms with van der Waals surface area (Å²) in [6, 6.07) is 4.78. The highest BCUT2D eigenvalue weighted by Crippen LogP contribution is 2.21. The van der Waals surface area contributed by atoms with E-state index in [1.165, 1.54) is 17.4 Å². The van der Waals surface area contributed by atoms with Crippen molar-refractivity contribution in [1.82, 2.24) is 4.98 Å². The Balaban J connectivity index is 2.22. The molecule has 1 heterocycles. The molecule has 7 heteroatoms. The number of carboxylic acids is 1. The van der Waals surface area contributed by atoms with Gasteiger partial charge in [-0.25, -0.2) is 9.78 Å². The Kier molecular flexibility index (Phi) is 4.89. The number of methoxy groups -OCH3 is 1. The van der Waals surface area contributed by atoms with Gasteiger partial charge in [0.1, 0.15) is 9.88 Å². The van der Waals surface area contributed by atoms with E-state index >= 15 is 0 Å². The number of aromatic nitrogens is 1. The van der Waals surface area contributed by atoms with E-state index in [0.29, 0.717) is 28.4 Å². The largest absolute Gasteiger partial charge is 0.478 e. The molecule has 0 aliphatic heterocycles. The van der Waals surface area contributed by atoms with Crippen LogP contribution in [-0.2, 0) is 11.3 Å². The molecule has 2 N–H and O–H groups in total. The third-order valence-electron chi connectivity index (χ3n) is 3.04. The number of ether oxygens (including phenoxy) is 1. The van der Waals surface area contributed by atoms with Crippen LogP contribution in [0.5, 0.6) is 0 Å². The number of benzene rings is 1. The number of carbonyl (C=O) groups excluding carboxylic acids is 1. The number of carboxylic acid groups (broad SMARTS) is 1. The van der Waals surface area contributed by atoms with Gasteiger partial charge in [-0.1, -0.05) is 6.07 Å². The summed E-state index contributed by atoms with van der Waals surface area (Å²) in [7, 11) is 1.57. The molecule has 0 unspecified atom stereocenters. The number of aryl methyl sites for hydroxylation is 2. The number of amides is 1. The minimum atomic E-state index is -1.02. The van der Waals surface area contributed by atoms with Gasteiger partial charge < -0.3 is 15.2 Å². The molecular weight excluding hydrogens is 304 g/mol. The number of anilines is 1. The van der Waals surface area contributed by atoms with Crippen LogP contribution in [-0.4, -0.2) is 29.1 Å². The van der Waals surface area contributed by atoms with Gasteiger partial charge in [0.2, 0.25) is 0 Å². The molecule has 6 nitrogen and oxygen atoms in total. The van der Waals surface area contributed by atoms with E-state index in [0.717, 1.165) is 5.01 Å². The van der Waals surface area contributed by atoms with Crippen LogP contribution in [0.2, 0.25) is 0 Å². The Morgan fingerprint density at radius 1 is 1.36 bits per heavy atom. The van der Waals surface area contributed by atoms with Crippen molar-refractivity contribution in [2.75, 3.05) is 12.4 Å². The first-order valence-corrected chi connectivity index (χ1v) is 7.34. The first kappa shape index (κ1) is 16.1. The first-order valence-electron chi connectivity index (χ1n) is 6.53. The summed E-state index contributed by atoms with van der Waals surface area (Å²) in [5, 5.41) is 12.5. The number of nitrogens with zero attached hydrogens (tertiary/aromatic N) is 1. The number of hydrogen-bond acceptors (Lipinski definition) is 5. The van der Waals surface area contributed by atoms with Crippen molar-refractivity contribution < 1.29 is 19.4 Å². The van der Waals surface area contributed by atoms with E-state index in [1.807, 2.05) is 0 Å². The average molecular weight is 320 g/mol. The van der Waals surface area contributed by atoms with Crippen LogP contribution in [0.1, 0.15) is 36.3 Å². The third-order valence-corrected chi connectivity index (χ3v) is 4.17. The van der Waals surface area contributed by atoms with Crippen LogP contribution in [0, 0.1) is 13.8 Å². The van der Waals surface area contributed by atoms with E-state index < -0.39 is 5.97 Å². The van der Waals surface area contributed by atoms with Crippen LogP contribution < -0.4 is 5.32 Å². The van der Waals surface area contributed by atoms with E-state index in [9.17, 15) is 9.59 Å². The molecule has 2 rings (SSSR count). The van der Waals surface area contributed by atoms with Gasteiger partial charge in [0, 0.05) is 12.8 Å². The molecule has 0 saturated carbocycles. The Hall–Kier alpha value is -2.25. The van der Waals surface area contributed by atoms with Gasteiger partial charge in [0.15, 0.2) is 0 Å². The first-order chi connectivity index (χ1) is 10.4. The summed E-state index contributed by atoms with van der Waals surface area (Å²) < 4.78 is 5.00. The average Bonchev–Trinajstić information content (AvgIpc) is 2.82. The SMILES string of the molecule is COCc1nc(C)c(C(=O)Nc2ccc(C)c(C(=O)O)c2)s1. The minimum Gasteiger partial charge on any atom is -0.478 e. The topological polar surface area (TPSA) is 88.5 Å². The lowest BCUT2D eigenvalue weighted by molar-refractivity contribution is 0.0695. The predicted molar refractivity (Wildman–Crippen MR) is 83.7 cm³/mol. The van der Waals surface area contributed by atoms with Crippen molar-refractivity contribution in [2.45, 2.75) is 20.5 Å².